The van der Waals surface area contributed by atoms with Crippen molar-refractivity contribution in [1.29, 1.82) is 0 Å². The largest absolute Gasteiger partial charge is 0.493 e. The first kappa shape index (κ1) is 20.2. The number of urea groups is 1. The maximum atomic E-state index is 13.2. The Morgan fingerprint density at radius 2 is 1.97 bits per heavy atom. The fraction of sp³-hybridized carbons (Fsp3) is 0.524. The Kier molecular flexibility index (Phi) is 5.36. The van der Waals surface area contributed by atoms with E-state index in [1.165, 1.54) is 0 Å². The number of benzene rings is 1. The summed E-state index contributed by atoms with van der Waals surface area (Å²) in [7, 11) is 0. The van der Waals surface area contributed by atoms with Crippen LogP contribution in [0.3, 0.4) is 0 Å². The molecule has 0 unspecified atom stereocenters. The standard InChI is InChI=1S/C21H25N3O6/c1-2-29-18(26)14-7-10-23(11-8-14)17(25)13-24-19(27)21(22-20(24)28)9-12-30-16-6-4-3-5-15(16)21/h3-6,14H,2,7-13H2,1H3,(H,22,28)/t21-/m1/s1. The van der Waals surface area contributed by atoms with Gasteiger partial charge in [0, 0.05) is 25.1 Å². The molecular formula is C21H25N3O6. The zero-order valence-electron chi connectivity index (χ0n) is 16.9. The van der Waals surface area contributed by atoms with Crippen molar-refractivity contribution in [2.45, 2.75) is 31.7 Å². The number of fused-ring (bicyclic) bond motifs is 2. The van der Waals surface area contributed by atoms with Gasteiger partial charge in [-0.3, -0.25) is 19.3 Å². The molecule has 30 heavy (non-hydrogen) atoms. The molecule has 1 atom stereocenters. The average Bonchev–Trinajstić information content (AvgIpc) is 2.99. The molecule has 1 aromatic rings. The number of ether oxygens (including phenoxy) is 2. The van der Waals surface area contributed by atoms with E-state index in [-0.39, 0.29) is 24.3 Å². The monoisotopic (exact) mass is 415 g/mol. The van der Waals surface area contributed by atoms with Crippen molar-refractivity contribution in [1.82, 2.24) is 15.1 Å². The molecule has 1 N–H and O–H groups in total. The van der Waals surface area contributed by atoms with Crippen molar-refractivity contribution in [3.63, 3.8) is 0 Å². The molecule has 0 radical (unpaired) electrons. The quantitative estimate of drug-likeness (QED) is 0.581. The zero-order valence-corrected chi connectivity index (χ0v) is 16.9. The highest BCUT2D eigenvalue weighted by Crippen LogP contribution is 2.40. The Labute approximate surface area is 174 Å². The summed E-state index contributed by atoms with van der Waals surface area (Å²) in [4.78, 5) is 53.1. The number of nitrogens with one attached hydrogen (secondary N) is 1. The van der Waals surface area contributed by atoms with Crippen molar-refractivity contribution in [3.8, 4) is 5.75 Å². The van der Waals surface area contributed by atoms with Crippen LogP contribution in [0.25, 0.3) is 0 Å². The molecule has 160 valence electrons. The first-order valence-electron chi connectivity index (χ1n) is 10.3. The number of esters is 1. The molecule has 0 bridgehead atoms. The van der Waals surface area contributed by atoms with Crippen molar-refractivity contribution in [2.24, 2.45) is 5.92 Å². The van der Waals surface area contributed by atoms with E-state index in [9.17, 15) is 19.2 Å². The first-order chi connectivity index (χ1) is 14.5. The van der Waals surface area contributed by atoms with Gasteiger partial charge in [-0.15, -0.1) is 0 Å². The number of rotatable bonds is 4. The lowest BCUT2D eigenvalue weighted by atomic mass is 9.84. The highest BCUT2D eigenvalue weighted by molar-refractivity contribution is 6.09. The Morgan fingerprint density at radius 3 is 2.70 bits per heavy atom. The second-order valence-electron chi connectivity index (χ2n) is 7.73. The lowest BCUT2D eigenvalue weighted by Crippen LogP contribution is -2.49. The normalized spacial score (nSPS) is 23.8. The van der Waals surface area contributed by atoms with Gasteiger partial charge in [-0.25, -0.2) is 4.79 Å². The zero-order chi connectivity index (χ0) is 21.3. The lowest BCUT2D eigenvalue weighted by Gasteiger charge is -2.33. The van der Waals surface area contributed by atoms with Crippen molar-refractivity contribution >= 4 is 23.8 Å². The molecule has 0 saturated carbocycles. The number of amides is 4. The predicted molar refractivity (Wildman–Crippen MR) is 104 cm³/mol. The lowest BCUT2D eigenvalue weighted by molar-refractivity contribution is -0.151. The van der Waals surface area contributed by atoms with Gasteiger partial charge in [0.2, 0.25) is 5.91 Å². The van der Waals surface area contributed by atoms with Gasteiger partial charge in [-0.1, -0.05) is 18.2 Å². The number of likely N-dealkylation sites (tertiary alicyclic amines) is 1. The minimum absolute atomic E-state index is 0.215. The first-order valence-corrected chi connectivity index (χ1v) is 10.3. The molecule has 9 heteroatoms. The van der Waals surface area contributed by atoms with Gasteiger partial charge in [-0.05, 0) is 25.8 Å². The van der Waals surface area contributed by atoms with Crippen molar-refractivity contribution in [2.75, 3.05) is 32.8 Å². The maximum absolute atomic E-state index is 13.2. The molecule has 4 amide bonds. The summed E-state index contributed by atoms with van der Waals surface area (Å²) >= 11 is 0. The van der Waals surface area contributed by atoms with Gasteiger partial charge in [-0.2, -0.15) is 0 Å². The second kappa shape index (κ2) is 7.97. The third-order valence-electron chi connectivity index (χ3n) is 6.02. The third-order valence-corrected chi connectivity index (χ3v) is 6.02. The molecule has 4 rings (SSSR count). The molecule has 9 nitrogen and oxygen atoms in total. The van der Waals surface area contributed by atoms with Gasteiger partial charge in [0.05, 0.1) is 19.1 Å². The maximum Gasteiger partial charge on any atom is 0.325 e. The Balaban J connectivity index is 1.43. The molecule has 2 fully saturated rings. The number of imide groups is 1. The SMILES string of the molecule is CCOC(=O)C1CCN(C(=O)CN2C(=O)N[C@@]3(CCOc4ccccc43)C2=O)CC1. The molecular weight excluding hydrogens is 390 g/mol. The van der Waals surface area contributed by atoms with Crippen LogP contribution in [-0.4, -0.2) is 66.5 Å². The van der Waals surface area contributed by atoms with Crippen molar-refractivity contribution < 1.29 is 28.7 Å². The molecule has 1 aromatic carbocycles. The summed E-state index contributed by atoms with van der Waals surface area (Å²) in [5.41, 5.74) is -0.580. The smallest absolute Gasteiger partial charge is 0.325 e. The number of hydrogen-bond acceptors (Lipinski definition) is 6. The van der Waals surface area contributed by atoms with Crippen LogP contribution in [-0.2, 0) is 24.7 Å². The van der Waals surface area contributed by atoms with Gasteiger partial charge in [0.1, 0.15) is 12.3 Å². The number of carbonyl (C=O) groups is 4. The number of carbonyl (C=O) groups excluding carboxylic acids is 4. The minimum Gasteiger partial charge on any atom is -0.493 e. The fourth-order valence-electron chi connectivity index (χ4n) is 4.38. The van der Waals surface area contributed by atoms with E-state index >= 15 is 0 Å². The van der Waals surface area contributed by atoms with E-state index in [0.29, 0.717) is 56.9 Å². The van der Waals surface area contributed by atoms with Crippen LogP contribution in [0.4, 0.5) is 4.79 Å². The predicted octanol–water partition coefficient (Wildman–Crippen LogP) is 1.02. The van der Waals surface area contributed by atoms with Crippen LogP contribution in [0, 0.1) is 5.92 Å². The Morgan fingerprint density at radius 1 is 1.23 bits per heavy atom. The highest BCUT2D eigenvalue weighted by atomic mass is 16.5. The van der Waals surface area contributed by atoms with E-state index in [1.54, 1.807) is 36.1 Å². The molecule has 0 aromatic heterocycles. The molecule has 3 aliphatic heterocycles. The van der Waals surface area contributed by atoms with Gasteiger partial charge >= 0.3 is 12.0 Å². The van der Waals surface area contributed by atoms with E-state index in [0.717, 1.165) is 4.90 Å². The molecule has 1 spiro atoms. The highest BCUT2D eigenvalue weighted by Gasteiger charge is 2.55. The van der Waals surface area contributed by atoms with Gasteiger partial charge < -0.3 is 19.7 Å². The molecule has 0 aliphatic carbocycles. The van der Waals surface area contributed by atoms with Crippen LogP contribution in [0.15, 0.2) is 24.3 Å². The van der Waals surface area contributed by atoms with Gasteiger partial charge in [0.15, 0.2) is 5.54 Å². The van der Waals surface area contributed by atoms with Crippen LogP contribution < -0.4 is 10.1 Å². The Bertz CT molecular complexity index is 879. The number of piperidine rings is 1. The molecule has 2 saturated heterocycles. The summed E-state index contributed by atoms with van der Waals surface area (Å²) < 4.78 is 10.7. The average molecular weight is 415 g/mol. The second-order valence-corrected chi connectivity index (χ2v) is 7.73. The van der Waals surface area contributed by atoms with E-state index < -0.39 is 17.5 Å². The topological polar surface area (TPSA) is 105 Å². The molecule has 3 aliphatic rings. The van der Waals surface area contributed by atoms with Crippen LogP contribution >= 0.6 is 0 Å². The minimum atomic E-state index is -1.19. The number of nitrogens with zero attached hydrogens (tertiary/aromatic N) is 2. The van der Waals surface area contributed by atoms with E-state index in [4.69, 9.17) is 9.47 Å². The molecule has 3 heterocycles. The summed E-state index contributed by atoms with van der Waals surface area (Å²) in [5.74, 6) is -0.630. The van der Waals surface area contributed by atoms with Crippen LogP contribution in [0.1, 0.15) is 31.7 Å². The van der Waals surface area contributed by atoms with Crippen molar-refractivity contribution in [3.05, 3.63) is 29.8 Å². The van der Waals surface area contributed by atoms with Gasteiger partial charge in [0.25, 0.3) is 5.91 Å². The number of hydrogen-bond donors (Lipinski definition) is 1. The van der Waals surface area contributed by atoms with Crippen LogP contribution in [0.5, 0.6) is 5.75 Å². The number of para-hydroxylation sites is 1. The summed E-state index contributed by atoms with van der Waals surface area (Å²) in [6, 6.07) is 6.54. The van der Waals surface area contributed by atoms with E-state index in [2.05, 4.69) is 5.32 Å². The third kappa shape index (κ3) is 3.38. The fourth-order valence-corrected chi connectivity index (χ4v) is 4.38. The Hall–Kier alpha value is -3.10. The summed E-state index contributed by atoms with van der Waals surface area (Å²) in [6.07, 6.45) is 1.34. The summed E-state index contributed by atoms with van der Waals surface area (Å²) in [6.45, 7) is 2.87. The summed E-state index contributed by atoms with van der Waals surface area (Å²) in [5, 5.41) is 2.80. The van der Waals surface area contributed by atoms with Crippen LogP contribution in [0.2, 0.25) is 0 Å². The van der Waals surface area contributed by atoms with E-state index in [1.807, 2.05) is 0 Å².